The van der Waals surface area contributed by atoms with Gasteiger partial charge >= 0.3 is 0 Å². The Morgan fingerprint density at radius 2 is 1.67 bits per heavy atom. The molecule has 7 heteroatoms. The van der Waals surface area contributed by atoms with Gasteiger partial charge in [-0.1, -0.05) is 44.5 Å². The fourth-order valence-corrected chi connectivity index (χ4v) is 4.20. The molecule has 36 heavy (non-hydrogen) atoms. The van der Waals surface area contributed by atoms with Crippen LogP contribution in [0.25, 0.3) is 5.76 Å². The van der Waals surface area contributed by atoms with Crippen molar-refractivity contribution in [1.82, 2.24) is 9.80 Å². The van der Waals surface area contributed by atoms with Crippen LogP contribution in [0.3, 0.4) is 0 Å². The number of hydrogen-bond acceptors (Lipinski definition) is 6. The summed E-state index contributed by atoms with van der Waals surface area (Å²) >= 11 is 0. The highest BCUT2D eigenvalue weighted by Gasteiger charge is 2.45. The van der Waals surface area contributed by atoms with Gasteiger partial charge in [0.05, 0.1) is 24.8 Å². The van der Waals surface area contributed by atoms with Gasteiger partial charge in [-0.05, 0) is 69.7 Å². The lowest BCUT2D eigenvalue weighted by Crippen LogP contribution is -2.32. The molecule has 0 spiro atoms. The third-order valence-electron chi connectivity index (χ3n) is 6.09. The maximum Gasteiger partial charge on any atom is 0.295 e. The van der Waals surface area contributed by atoms with Crippen molar-refractivity contribution in [3.63, 3.8) is 0 Å². The molecule has 1 amide bonds. The fraction of sp³-hybridized carbons (Fsp3) is 0.448. The van der Waals surface area contributed by atoms with E-state index in [0.29, 0.717) is 37.5 Å². The topological polar surface area (TPSA) is 79.3 Å². The van der Waals surface area contributed by atoms with E-state index >= 15 is 0 Å². The first-order valence-corrected chi connectivity index (χ1v) is 12.8. The summed E-state index contributed by atoms with van der Waals surface area (Å²) in [7, 11) is 3.94. The van der Waals surface area contributed by atoms with Crippen LogP contribution in [-0.2, 0) is 9.59 Å². The molecule has 0 saturated carbocycles. The van der Waals surface area contributed by atoms with Crippen LogP contribution in [0.2, 0.25) is 0 Å². The van der Waals surface area contributed by atoms with Crippen molar-refractivity contribution < 1.29 is 24.2 Å². The molecule has 1 atom stereocenters. The molecule has 1 saturated heterocycles. The maximum absolute atomic E-state index is 13.2. The molecule has 2 aromatic rings. The second-order valence-electron chi connectivity index (χ2n) is 9.30. The third-order valence-corrected chi connectivity index (χ3v) is 6.09. The zero-order valence-corrected chi connectivity index (χ0v) is 21.8. The zero-order chi connectivity index (χ0) is 26.1. The van der Waals surface area contributed by atoms with Gasteiger partial charge in [-0.2, -0.15) is 0 Å². The lowest BCUT2D eigenvalue weighted by molar-refractivity contribution is -0.139. The van der Waals surface area contributed by atoms with Gasteiger partial charge in [-0.15, -0.1) is 0 Å². The molecular weight excluding hydrogens is 456 g/mol. The van der Waals surface area contributed by atoms with Crippen molar-refractivity contribution >= 4 is 17.4 Å². The average molecular weight is 495 g/mol. The second kappa shape index (κ2) is 13.1. The Morgan fingerprint density at radius 3 is 2.33 bits per heavy atom. The van der Waals surface area contributed by atoms with Gasteiger partial charge in [0, 0.05) is 12.1 Å². The first-order valence-electron chi connectivity index (χ1n) is 12.8. The number of rotatable bonds is 13. The minimum atomic E-state index is -0.683. The smallest absolute Gasteiger partial charge is 0.295 e. The van der Waals surface area contributed by atoms with Crippen molar-refractivity contribution in [2.24, 2.45) is 0 Å². The average Bonchev–Trinajstić information content (AvgIpc) is 3.12. The van der Waals surface area contributed by atoms with Crippen LogP contribution in [0.15, 0.2) is 54.1 Å². The Hall–Kier alpha value is -3.32. The summed E-state index contributed by atoms with van der Waals surface area (Å²) in [5, 5.41) is 11.3. The largest absolute Gasteiger partial charge is 0.507 e. The van der Waals surface area contributed by atoms with Crippen molar-refractivity contribution in [3.8, 4) is 11.5 Å². The molecule has 1 heterocycles. The summed E-state index contributed by atoms with van der Waals surface area (Å²) in [6.45, 7) is 6.48. The van der Waals surface area contributed by atoms with E-state index in [0.717, 1.165) is 37.1 Å². The van der Waals surface area contributed by atoms with E-state index in [2.05, 4.69) is 6.92 Å². The van der Waals surface area contributed by atoms with E-state index in [-0.39, 0.29) is 11.3 Å². The van der Waals surface area contributed by atoms with Crippen LogP contribution < -0.4 is 9.47 Å². The van der Waals surface area contributed by atoms with Crippen LogP contribution in [0.1, 0.15) is 56.7 Å². The van der Waals surface area contributed by atoms with Gasteiger partial charge in [0.2, 0.25) is 0 Å². The lowest BCUT2D eigenvalue weighted by Gasteiger charge is -2.26. The van der Waals surface area contributed by atoms with Crippen LogP contribution in [0.5, 0.6) is 11.5 Å². The summed E-state index contributed by atoms with van der Waals surface area (Å²) in [5.74, 6) is -0.130. The van der Waals surface area contributed by atoms with Crippen molar-refractivity contribution in [1.29, 1.82) is 0 Å². The van der Waals surface area contributed by atoms with Crippen LogP contribution in [0.4, 0.5) is 0 Å². The monoisotopic (exact) mass is 494 g/mol. The molecule has 3 rings (SSSR count). The van der Waals surface area contributed by atoms with Gasteiger partial charge < -0.3 is 24.4 Å². The summed E-state index contributed by atoms with van der Waals surface area (Å²) in [6, 6.07) is 13.7. The van der Waals surface area contributed by atoms with E-state index < -0.39 is 17.7 Å². The van der Waals surface area contributed by atoms with E-state index in [1.807, 2.05) is 50.2 Å². The zero-order valence-electron chi connectivity index (χ0n) is 21.8. The number of nitrogens with zero attached hydrogens (tertiary/aromatic N) is 2. The minimum absolute atomic E-state index is 0.0946. The van der Waals surface area contributed by atoms with Gasteiger partial charge in [0.1, 0.15) is 17.3 Å². The molecule has 1 aliphatic heterocycles. The van der Waals surface area contributed by atoms with E-state index in [4.69, 9.17) is 9.47 Å². The third kappa shape index (κ3) is 6.66. The Balaban J connectivity index is 2.00. The normalized spacial score (nSPS) is 17.1. The lowest BCUT2D eigenvalue weighted by atomic mass is 9.95. The number of unbranched alkanes of at least 4 members (excludes halogenated alkanes) is 1. The molecule has 7 nitrogen and oxygen atoms in total. The highest BCUT2D eigenvalue weighted by atomic mass is 16.5. The second-order valence-corrected chi connectivity index (χ2v) is 9.30. The number of ether oxygens (including phenoxy) is 2. The maximum atomic E-state index is 13.2. The molecule has 1 unspecified atom stereocenters. The molecule has 1 N–H and O–H groups in total. The Kier molecular flexibility index (Phi) is 9.94. The minimum Gasteiger partial charge on any atom is -0.507 e. The quantitative estimate of drug-likeness (QED) is 0.182. The van der Waals surface area contributed by atoms with E-state index in [1.54, 1.807) is 29.2 Å². The number of Topliss-reactive ketones (excluding diaryl/α,β-unsaturated/α-hetero) is 1. The molecule has 0 aromatic heterocycles. The number of aliphatic hydroxyl groups is 1. The number of hydrogen-bond donors (Lipinski definition) is 1. The first-order chi connectivity index (χ1) is 17.4. The van der Waals surface area contributed by atoms with E-state index in [1.165, 1.54) is 0 Å². The fourth-order valence-electron chi connectivity index (χ4n) is 4.20. The van der Waals surface area contributed by atoms with Crippen molar-refractivity contribution in [2.75, 3.05) is 40.4 Å². The molecule has 0 aliphatic carbocycles. The molecule has 0 bridgehead atoms. The van der Waals surface area contributed by atoms with Gasteiger partial charge in [-0.25, -0.2) is 0 Å². The van der Waals surface area contributed by atoms with Crippen molar-refractivity contribution in [3.05, 3.63) is 65.2 Å². The molecule has 2 aromatic carbocycles. The van der Waals surface area contributed by atoms with Crippen LogP contribution in [-0.4, -0.2) is 67.0 Å². The number of aliphatic hydroxyl groups excluding tert-OH is 1. The molecule has 1 aliphatic rings. The number of likely N-dealkylation sites (tertiary alicyclic amines) is 1. The summed E-state index contributed by atoms with van der Waals surface area (Å²) in [6.07, 6.45) is 3.57. The van der Waals surface area contributed by atoms with Gasteiger partial charge in [0.25, 0.3) is 11.7 Å². The number of ketones is 1. The van der Waals surface area contributed by atoms with Crippen molar-refractivity contribution in [2.45, 2.75) is 45.6 Å². The summed E-state index contributed by atoms with van der Waals surface area (Å²) in [5.41, 5.74) is 1.29. The first kappa shape index (κ1) is 27.3. The van der Waals surface area contributed by atoms with Crippen LogP contribution >= 0.6 is 0 Å². The predicted octanol–water partition coefficient (Wildman–Crippen LogP) is 5.03. The van der Waals surface area contributed by atoms with Crippen LogP contribution in [0, 0.1) is 0 Å². The molecule has 194 valence electrons. The molecule has 0 radical (unpaired) electrons. The summed E-state index contributed by atoms with van der Waals surface area (Å²) in [4.78, 5) is 30.0. The number of carbonyl (C=O) groups excluding carboxylic acids is 2. The molecular formula is C29H38N2O5. The van der Waals surface area contributed by atoms with Gasteiger partial charge in [0.15, 0.2) is 0 Å². The highest BCUT2D eigenvalue weighted by Crippen LogP contribution is 2.40. The number of benzene rings is 2. The Morgan fingerprint density at radius 1 is 0.944 bits per heavy atom. The van der Waals surface area contributed by atoms with E-state index in [9.17, 15) is 14.7 Å². The van der Waals surface area contributed by atoms with Gasteiger partial charge in [-0.3, -0.25) is 9.59 Å². The SMILES string of the molecule is CCCCOc1ccc(C2C(=C(O)c3cccc(OCCC)c3)C(=O)C(=O)N2CCCN(C)C)cc1. The summed E-state index contributed by atoms with van der Waals surface area (Å²) < 4.78 is 11.5. The number of amides is 1. The standard InChI is InChI=1S/C29H38N2O5/c1-5-7-19-36-23-14-12-21(13-15-23)26-25(28(33)29(34)31(26)17-9-16-30(3)4)27(32)22-10-8-11-24(20-22)35-18-6-2/h8,10-15,20,26,32H,5-7,9,16-19H2,1-4H3. The molecule has 1 fully saturated rings. The predicted molar refractivity (Wildman–Crippen MR) is 141 cm³/mol. The highest BCUT2D eigenvalue weighted by molar-refractivity contribution is 6.46. The Bertz CT molecular complexity index is 1060. The number of carbonyl (C=O) groups is 2. The Labute approximate surface area is 214 Å².